The largest absolute Gasteiger partial charge is 0.447 e. The summed E-state index contributed by atoms with van der Waals surface area (Å²) in [5, 5.41) is 3.00. The van der Waals surface area contributed by atoms with Crippen LogP contribution in [-0.4, -0.2) is 42.8 Å². The normalized spacial score (nSPS) is 20.8. The number of alkyl carbamates (subject to hydrolysis) is 1. The Bertz CT molecular complexity index is 528. The number of hydrogen-bond acceptors (Lipinski definition) is 3. The summed E-state index contributed by atoms with van der Waals surface area (Å²) in [5.74, 6) is 0. The number of hydrogen-bond donors (Lipinski definition) is 1. The number of nitrogens with one attached hydrogen (secondary N) is 1. The molecular formula is C20H30N2O2. The van der Waals surface area contributed by atoms with Crippen molar-refractivity contribution in [3.8, 4) is 0 Å². The van der Waals surface area contributed by atoms with Gasteiger partial charge in [-0.25, -0.2) is 4.79 Å². The number of likely N-dealkylation sites (tertiary alicyclic amines) is 1. The van der Waals surface area contributed by atoms with Gasteiger partial charge in [-0.05, 0) is 70.0 Å². The molecule has 1 amide bonds. The minimum atomic E-state index is -0.259. The van der Waals surface area contributed by atoms with Crippen LogP contribution in [-0.2, 0) is 11.2 Å². The lowest BCUT2D eigenvalue weighted by Crippen LogP contribution is -2.55. The van der Waals surface area contributed by atoms with Gasteiger partial charge in [-0.1, -0.05) is 30.3 Å². The maximum absolute atomic E-state index is 11.7. The smallest absolute Gasteiger partial charge is 0.407 e. The Balaban J connectivity index is 1.35. The highest BCUT2D eigenvalue weighted by atomic mass is 16.6. The fourth-order valence-corrected chi connectivity index (χ4v) is 4.09. The van der Waals surface area contributed by atoms with Gasteiger partial charge in [-0.15, -0.1) is 0 Å². The van der Waals surface area contributed by atoms with E-state index in [0.717, 1.165) is 25.8 Å². The van der Waals surface area contributed by atoms with Crippen LogP contribution in [0.2, 0.25) is 0 Å². The second kappa shape index (κ2) is 7.56. The molecule has 2 fully saturated rings. The molecule has 1 aromatic carbocycles. The van der Waals surface area contributed by atoms with Gasteiger partial charge in [0, 0.05) is 12.6 Å². The Morgan fingerprint density at radius 1 is 1.25 bits per heavy atom. The van der Waals surface area contributed by atoms with Crippen LogP contribution < -0.4 is 5.32 Å². The van der Waals surface area contributed by atoms with E-state index in [1.165, 1.54) is 31.5 Å². The predicted molar refractivity (Wildman–Crippen MR) is 96.0 cm³/mol. The fourth-order valence-electron chi connectivity index (χ4n) is 4.09. The number of carbonyl (C=O) groups excluding carboxylic acids is 1. The van der Waals surface area contributed by atoms with Crippen LogP contribution in [0.4, 0.5) is 4.79 Å². The third kappa shape index (κ3) is 4.50. The average molecular weight is 330 g/mol. The molecule has 2 aliphatic rings. The molecule has 1 aliphatic carbocycles. The summed E-state index contributed by atoms with van der Waals surface area (Å²) in [4.78, 5) is 14.2. The first-order chi connectivity index (χ1) is 11.5. The molecule has 24 heavy (non-hydrogen) atoms. The molecule has 1 saturated heterocycles. The lowest BCUT2D eigenvalue weighted by Gasteiger charge is -2.52. The molecule has 0 bridgehead atoms. The Morgan fingerprint density at radius 3 is 2.54 bits per heavy atom. The van der Waals surface area contributed by atoms with Crippen molar-refractivity contribution in [2.24, 2.45) is 5.41 Å². The van der Waals surface area contributed by atoms with E-state index in [1.807, 2.05) is 13.8 Å². The number of rotatable bonds is 5. The molecule has 4 nitrogen and oxygen atoms in total. The number of amides is 1. The van der Waals surface area contributed by atoms with Crippen molar-refractivity contribution in [1.29, 1.82) is 0 Å². The SMILES string of the molecule is CC(C)OC(=O)NC1CC2(CCN(CCc3ccccc3)CC2)C1. The van der Waals surface area contributed by atoms with Crippen molar-refractivity contribution in [1.82, 2.24) is 10.2 Å². The second-order valence-electron chi connectivity index (χ2n) is 7.78. The van der Waals surface area contributed by atoms with Crippen molar-refractivity contribution in [2.45, 2.75) is 58.1 Å². The van der Waals surface area contributed by atoms with Crippen molar-refractivity contribution < 1.29 is 9.53 Å². The van der Waals surface area contributed by atoms with Gasteiger partial charge < -0.3 is 15.0 Å². The molecule has 1 N–H and O–H groups in total. The van der Waals surface area contributed by atoms with E-state index in [1.54, 1.807) is 0 Å². The van der Waals surface area contributed by atoms with E-state index < -0.39 is 0 Å². The van der Waals surface area contributed by atoms with Crippen LogP contribution >= 0.6 is 0 Å². The molecule has 132 valence electrons. The first-order valence-corrected chi connectivity index (χ1v) is 9.28. The molecule has 1 heterocycles. The first kappa shape index (κ1) is 17.3. The topological polar surface area (TPSA) is 41.6 Å². The zero-order chi connectivity index (χ0) is 17.0. The van der Waals surface area contributed by atoms with E-state index in [0.29, 0.717) is 11.5 Å². The molecule has 0 unspecified atom stereocenters. The number of piperidine rings is 1. The van der Waals surface area contributed by atoms with Crippen LogP contribution in [0, 0.1) is 5.41 Å². The number of ether oxygens (including phenoxy) is 1. The minimum Gasteiger partial charge on any atom is -0.447 e. The molecule has 3 rings (SSSR count). The molecule has 1 spiro atoms. The van der Waals surface area contributed by atoms with Gasteiger partial charge in [-0.3, -0.25) is 0 Å². The summed E-state index contributed by atoms with van der Waals surface area (Å²) in [6, 6.07) is 11.0. The summed E-state index contributed by atoms with van der Waals surface area (Å²) in [7, 11) is 0. The molecular weight excluding hydrogens is 300 g/mol. The zero-order valence-electron chi connectivity index (χ0n) is 15.0. The molecule has 4 heteroatoms. The molecule has 0 aromatic heterocycles. The summed E-state index contributed by atoms with van der Waals surface area (Å²) < 4.78 is 5.17. The average Bonchev–Trinajstić information content (AvgIpc) is 2.53. The van der Waals surface area contributed by atoms with Gasteiger partial charge in [0.2, 0.25) is 0 Å². The highest BCUT2D eigenvalue weighted by Gasteiger charge is 2.46. The van der Waals surface area contributed by atoms with E-state index in [-0.39, 0.29) is 12.2 Å². The van der Waals surface area contributed by atoms with Crippen LogP contribution in [0.1, 0.15) is 45.1 Å². The maximum atomic E-state index is 11.7. The maximum Gasteiger partial charge on any atom is 0.407 e. The number of benzene rings is 1. The molecule has 0 atom stereocenters. The monoisotopic (exact) mass is 330 g/mol. The van der Waals surface area contributed by atoms with Gasteiger partial charge in [0.1, 0.15) is 0 Å². The van der Waals surface area contributed by atoms with Crippen molar-refractivity contribution >= 4 is 6.09 Å². The summed E-state index contributed by atoms with van der Waals surface area (Å²) in [6.07, 6.45) is 5.59. The summed E-state index contributed by atoms with van der Waals surface area (Å²) >= 11 is 0. The van der Waals surface area contributed by atoms with Gasteiger partial charge in [-0.2, -0.15) is 0 Å². The van der Waals surface area contributed by atoms with Crippen molar-refractivity contribution in [2.75, 3.05) is 19.6 Å². The highest BCUT2D eigenvalue weighted by molar-refractivity contribution is 5.68. The van der Waals surface area contributed by atoms with Gasteiger partial charge in [0.15, 0.2) is 0 Å². The molecule has 1 aromatic rings. The fraction of sp³-hybridized carbons (Fsp3) is 0.650. The van der Waals surface area contributed by atoms with Crippen LogP contribution in [0.15, 0.2) is 30.3 Å². The standard InChI is InChI=1S/C20H30N2O2/c1-16(2)24-19(23)21-18-14-20(15-18)9-12-22(13-10-20)11-8-17-6-4-3-5-7-17/h3-7,16,18H,8-15H2,1-2H3,(H,21,23). The van der Waals surface area contributed by atoms with Crippen LogP contribution in [0.3, 0.4) is 0 Å². The Kier molecular flexibility index (Phi) is 5.44. The van der Waals surface area contributed by atoms with Gasteiger partial charge in [0.25, 0.3) is 0 Å². The highest BCUT2D eigenvalue weighted by Crippen LogP contribution is 2.49. The zero-order valence-corrected chi connectivity index (χ0v) is 15.0. The Labute approximate surface area is 145 Å². The summed E-state index contributed by atoms with van der Waals surface area (Å²) in [5.41, 5.74) is 1.90. The van der Waals surface area contributed by atoms with Crippen molar-refractivity contribution in [3.63, 3.8) is 0 Å². The number of carbonyl (C=O) groups is 1. The van der Waals surface area contributed by atoms with Crippen LogP contribution in [0.25, 0.3) is 0 Å². The molecule has 0 radical (unpaired) electrons. The van der Waals surface area contributed by atoms with E-state index in [4.69, 9.17) is 4.74 Å². The van der Waals surface area contributed by atoms with E-state index in [2.05, 4.69) is 40.5 Å². The predicted octanol–water partition coefficient (Wildman–Crippen LogP) is 3.61. The van der Waals surface area contributed by atoms with Gasteiger partial charge >= 0.3 is 6.09 Å². The van der Waals surface area contributed by atoms with Crippen LogP contribution in [0.5, 0.6) is 0 Å². The van der Waals surface area contributed by atoms with Gasteiger partial charge in [0.05, 0.1) is 6.10 Å². The lowest BCUT2D eigenvalue weighted by atomic mass is 9.60. The quantitative estimate of drug-likeness (QED) is 0.897. The third-order valence-corrected chi connectivity index (χ3v) is 5.50. The van der Waals surface area contributed by atoms with Crippen molar-refractivity contribution in [3.05, 3.63) is 35.9 Å². The minimum absolute atomic E-state index is 0.0492. The van der Waals surface area contributed by atoms with E-state index >= 15 is 0 Å². The lowest BCUT2D eigenvalue weighted by molar-refractivity contribution is 0.00439. The molecule has 1 aliphatic heterocycles. The third-order valence-electron chi connectivity index (χ3n) is 5.50. The Hall–Kier alpha value is -1.55. The summed E-state index contributed by atoms with van der Waals surface area (Å²) in [6.45, 7) is 7.30. The Morgan fingerprint density at radius 2 is 1.92 bits per heavy atom. The first-order valence-electron chi connectivity index (χ1n) is 9.28. The molecule has 1 saturated carbocycles. The number of nitrogens with zero attached hydrogens (tertiary/aromatic N) is 1. The second-order valence-corrected chi connectivity index (χ2v) is 7.78. The van der Waals surface area contributed by atoms with E-state index in [9.17, 15) is 4.79 Å².